The molecule has 4 heteroatoms. The Balaban J connectivity index is 2.14. The van der Waals surface area contributed by atoms with Crippen molar-refractivity contribution in [2.75, 3.05) is 6.54 Å². The van der Waals surface area contributed by atoms with Crippen LogP contribution in [0, 0.1) is 5.92 Å². The first-order valence-electron chi connectivity index (χ1n) is 6.34. The third-order valence-corrected chi connectivity index (χ3v) is 3.69. The Bertz CT molecular complexity index is 457. The summed E-state index contributed by atoms with van der Waals surface area (Å²) in [6.07, 6.45) is 0.840. The van der Waals surface area contributed by atoms with E-state index in [2.05, 4.69) is 0 Å². The summed E-state index contributed by atoms with van der Waals surface area (Å²) >= 11 is 0. The molecule has 1 heterocycles. The molecule has 0 radical (unpaired) electrons. The maximum atomic E-state index is 12.2. The van der Waals surface area contributed by atoms with Gasteiger partial charge >= 0.3 is 0 Å². The maximum absolute atomic E-state index is 12.2. The molecule has 3 N–H and O–H groups in total. The normalized spacial score (nSPS) is 18.1. The second-order valence-corrected chi connectivity index (χ2v) is 5.11. The smallest absolute Gasteiger partial charge is 0.227 e. The Morgan fingerprint density at radius 1 is 1.39 bits per heavy atom. The van der Waals surface area contributed by atoms with Crippen LogP contribution in [0.1, 0.15) is 25.0 Å². The molecule has 4 nitrogen and oxygen atoms in total. The number of rotatable bonds is 2. The van der Waals surface area contributed by atoms with Crippen LogP contribution in [0.15, 0.2) is 18.2 Å². The van der Waals surface area contributed by atoms with Gasteiger partial charge in [0.05, 0.1) is 5.92 Å². The molecule has 1 aromatic carbocycles. The van der Waals surface area contributed by atoms with E-state index in [0.717, 1.165) is 18.5 Å². The summed E-state index contributed by atoms with van der Waals surface area (Å²) in [5, 5.41) is 9.49. The summed E-state index contributed by atoms with van der Waals surface area (Å²) in [6, 6.07) is 5.23. The van der Waals surface area contributed by atoms with Gasteiger partial charge in [0.2, 0.25) is 5.91 Å². The summed E-state index contributed by atoms with van der Waals surface area (Å²) in [5.41, 5.74) is 8.02. The van der Waals surface area contributed by atoms with Gasteiger partial charge in [-0.15, -0.1) is 0 Å². The van der Waals surface area contributed by atoms with Gasteiger partial charge in [-0.1, -0.05) is 13.0 Å². The predicted octanol–water partition coefficient (Wildman–Crippen LogP) is 1.26. The number of aromatic hydroxyl groups is 1. The topological polar surface area (TPSA) is 66.6 Å². The quantitative estimate of drug-likeness (QED) is 0.828. The largest absolute Gasteiger partial charge is 0.508 e. The summed E-state index contributed by atoms with van der Waals surface area (Å²) < 4.78 is 0. The molecular weight excluding hydrogens is 228 g/mol. The van der Waals surface area contributed by atoms with Crippen molar-refractivity contribution in [3.63, 3.8) is 0 Å². The Hall–Kier alpha value is -1.55. The number of hydrogen-bond donors (Lipinski definition) is 2. The van der Waals surface area contributed by atoms with Crippen LogP contribution in [0.3, 0.4) is 0 Å². The lowest BCUT2D eigenvalue weighted by atomic mass is 9.96. The van der Waals surface area contributed by atoms with Gasteiger partial charge in [0.1, 0.15) is 5.75 Å². The van der Waals surface area contributed by atoms with Crippen molar-refractivity contribution in [1.82, 2.24) is 4.90 Å². The number of nitrogens with two attached hydrogens (primary N) is 1. The first kappa shape index (κ1) is 12.9. The van der Waals surface area contributed by atoms with E-state index in [0.29, 0.717) is 6.54 Å². The van der Waals surface area contributed by atoms with E-state index in [-0.39, 0.29) is 23.6 Å². The molecule has 1 amide bonds. The first-order chi connectivity index (χ1) is 8.49. The molecule has 0 fully saturated rings. The molecule has 1 aliphatic rings. The molecule has 1 aliphatic heterocycles. The van der Waals surface area contributed by atoms with E-state index in [1.165, 1.54) is 5.56 Å². The van der Waals surface area contributed by atoms with Gasteiger partial charge < -0.3 is 15.7 Å². The lowest BCUT2D eigenvalue weighted by Gasteiger charge is -2.32. The third-order valence-electron chi connectivity index (χ3n) is 3.69. The molecule has 1 aromatic rings. The average molecular weight is 248 g/mol. The van der Waals surface area contributed by atoms with Crippen LogP contribution in [-0.2, 0) is 17.8 Å². The van der Waals surface area contributed by atoms with Gasteiger partial charge in [0, 0.05) is 19.1 Å². The Labute approximate surface area is 107 Å². The van der Waals surface area contributed by atoms with Crippen LogP contribution < -0.4 is 5.73 Å². The monoisotopic (exact) mass is 248 g/mol. The van der Waals surface area contributed by atoms with Crippen molar-refractivity contribution in [2.45, 2.75) is 32.9 Å². The summed E-state index contributed by atoms with van der Waals surface area (Å²) in [5.74, 6) is 0.186. The molecule has 0 bridgehead atoms. The Morgan fingerprint density at radius 2 is 2.11 bits per heavy atom. The fraction of sp³-hybridized carbons (Fsp3) is 0.500. The summed E-state index contributed by atoms with van der Waals surface area (Å²) in [6.45, 7) is 5.02. The van der Waals surface area contributed by atoms with Crippen LogP contribution in [0.5, 0.6) is 5.75 Å². The van der Waals surface area contributed by atoms with Crippen LogP contribution >= 0.6 is 0 Å². The number of benzene rings is 1. The second kappa shape index (κ2) is 4.98. The highest BCUT2D eigenvalue weighted by molar-refractivity contribution is 5.79. The zero-order chi connectivity index (χ0) is 13.3. The maximum Gasteiger partial charge on any atom is 0.227 e. The fourth-order valence-corrected chi connectivity index (χ4v) is 2.24. The van der Waals surface area contributed by atoms with Crippen molar-refractivity contribution < 1.29 is 9.90 Å². The van der Waals surface area contributed by atoms with Gasteiger partial charge in [-0.25, -0.2) is 0 Å². The minimum absolute atomic E-state index is 0.0963. The molecule has 2 unspecified atom stereocenters. The number of carbonyl (C=O) groups is 1. The van der Waals surface area contributed by atoms with Crippen molar-refractivity contribution in [1.29, 1.82) is 0 Å². The molecule has 2 rings (SSSR count). The number of hydrogen-bond acceptors (Lipinski definition) is 3. The molecule has 0 saturated heterocycles. The molecule has 98 valence electrons. The van der Waals surface area contributed by atoms with Crippen molar-refractivity contribution in [3.05, 3.63) is 29.3 Å². The zero-order valence-corrected chi connectivity index (χ0v) is 10.9. The first-order valence-corrected chi connectivity index (χ1v) is 6.34. The number of phenolic OH excluding ortho intramolecular Hbond substituents is 1. The van der Waals surface area contributed by atoms with Gasteiger partial charge in [-0.3, -0.25) is 4.79 Å². The molecule has 0 aromatic heterocycles. The molecule has 0 aliphatic carbocycles. The van der Waals surface area contributed by atoms with Crippen molar-refractivity contribution in [2.24, 2.45) is 11.7 Å². The number of phenols is 1. The van der Waals surface area contributed by atoms with E-state index < -0.39 is 0 Å². The van der Waals surface area contributed by atoms with Gasteiger partial charge in [0.25, 0.3) is 0 Å². The summed E-state index contributed by atoms with van der Waals surface area (Å²) in [7, 11) is 0. The SMILES string of the molecule is CC(N)C(C)C(=O)N1CCc2ccc(O)cc2C1. The number of carbonyl (C=O) groups excluding carboxylic acids is 1. The van der Waals surface area contributed by atoms with E-state index in [1.807, 2.05) is 24.8 Å². The minimum Gasteiger partial charge on any atom is -0.508 e. The van der Waals surface area contributed by atoms with E-state index >= 15 is 0 Å². The summed E-state index contributed by atoms with van der Waals surface area (Å²) in [4.78, 5) is 14.0. The van der Waals surface area contributed by atoms with E-state index in [9.17, 15) is 9.90 Å². The van der Waals surface area contributed by atoms with Crippen LogP contribution in [0.4, 0.5) is 0 Å². The standard InChI is InChI=1S/C14H20N2O2/c1-9(10(2)15)14(18)16-6-5-11-3-4-13(17)7-12(11)8-16/h3-4,7,9-10,17H,5-6,8,15H2,1-2H3. The third kappa shape index (κ3) is 2.48. The molecular formula is C14H20N2O2. The van der Waals surface area contributed by atoms with Crippen LogP contribution in [0.2, 0.25) is 0 Å². The molecule has 0 spiro atoms. The van der Waals surface area contributed by atoms with E-state index in [4.69, 9.17) is 5.73 Å². The van der Waals surface area contributed by atoms with Crippen molar-refractivity contribution in [3.8, 4) is 5.75 Å². The van der Waals surface area contributed by atoms with Gasteiger partial charge in [0.15, 0.2) is 0 Å². The predicted molar refractivity (Wildman–Crippen MR) is 70.0 cm³/mol. The highest BCUT2D eigenvalue weighted by atomic mass is 16.3. The highest BCUT2D eigenvalue weighted by Crippen LogP contribution is 2.24. The zero-order valence-electron chi connectivity index (χ0n) is 10.9. The number of fused-ring (bicyclic) bond motifs is 1. The fourth-order valence-electron chi connectivity index (χ4n) is 2.24. The van der Waals surface area contributed by atoms with Gasteiger partial charge in [-0.2, -0.15) is 0 Å². The van der Waals surface area contributed by atoms with Crippen LogP contribution in [0.25, 0.3) is 0 Å². The Morgan fingerprint density at radius 3 is 2.78 bits per heavy atom. The van der Waals surface area contributed by atoms with Crippen LogP contribution in [-0.4, -0.2) is 28.5 Å². The Kier molecular flexibility index (Phi) is 3.57. The van der Waals surface area contributed by atoms with E-state index in [1.54, 1.807) is 12.1 Å². The van der Waals surface area contributed by atoms with Crippen molar-refractivity contribution >= 4 is 5.91 Å². The highest BCUT2D eigenvalue weighted by Gasteiger charge is 2.26. The van der Waals surface area contributed by atoms with Gasteiger partial charge in [-0.05, 0) is 36.6 Å². The molecule has 2 atom stereocenters. The minimum atomic E-state index is -0.163. The molecule has 0 saturated carbocycles. The number of amides is 1. The molecule has 18 heavy (non-hydrogen) atoms. The second-order valence-electron chi connectivity index (χ2n) is 5.11. The lowest BCUT2D eigenvalue weighted by molar-refractivity contribution is -0.136. The average Bonchev–Trinajstić information content (AvgIpc) is 2.35. The lowest BCUT2D eigenvalue weighted by Crippen LogP contribution is -2.43. The number of nitrogens with zero attached hydrogens (tertiary/aromatic N) is 1.